The van der Waals surface area contributed by atoms with Gasteiger partial charge in [-0.05, 0) is 31.2 Å². The van der Waals surface area contributed by atoms with E-state index >= 15 is 0 Å². The number of carbonyl (C=O) groups excluding carboxylic acids is 2. The molecule has 0 saturated heterocycles. The minimum atomic E-state index is -3.70. The van der Waals surface area contributed by atoms with Gasteiger partial charge in [0.25, 0.3) is 0 Å². The van der Waals surface area contributed by atoms with Gasteiger partial charge in [0.1, 0.15) is 5.75 Å². The second-order valence-electron chi connectivity index (χ2n) is 5.13. The molecule has 9 heteroatoms. The molecule has 1 aromatic rings. The van der Waals surface area contributed by atoms with Crippen LogP contribution in [0.4, 0.5) is 0 Å². The molecule has 0 aliphatic rings. The molecule has 0 atom stereocenters. The molecular formula is C17H23N3O5S. The van der Waals surface area contributed by atoms with Crippen LogP contribution in [0, 0.1) is 12.3 Å². The van der Waals surface area contributed by atoms with Gasteiger partial charge in [-0.25, -0.2) is 13.1 Å². The molecule has 26 heavy (non-hydrogen) atoms. The maximum atomic E-state index is 12.1. The summed E-state index contributed by atoms with van der Waals surface area (Å²) < 4.78 is 31.9. The molecule has 142 valence electrons. The van der Waals surface area contributed by atoms with E-state index in [1.165, 1.54) is 12.1 Å². The van der Waals surface area contributed by atoms with Gasteiger partial charge in [-0.2, -0.15) is 0 Å². The summed E-state index contributed by atoms with van der Waals surface area (Å²) in [5.41, 5.74) is 0. The van der Waals surface area contributed by atoms with Crippen LogP contribution in [0.25, 0.3) is 0 Å². The van der Waals surface area contributed by atoms with Gasteiger partial charge in [0.15, 0.2) is 0 Å². The molecule has 1 aromatic carbocycles. The number of ether oxygens (including phenoxy) is 1. The van der Waals surface area contributed by atoms with E-state index in [1.54, 1.807) is 12.1 Å². The van der Waals surface area contributed by atoms with Crippen LogP contribution in [0.5, 0.6) is 5.75 Å². The summed E-state index contributed by atoms with van der Waals surface area (Å²) >= 11 is 0. The summed E-state index contributed by atoms with van der Waals surface area (Å²) in [6.45, 7) is 2.57. The Labute approximate surface area is 153 Å². The highest BCUT2D eigenvalue weighted by Crippen LogP contribution is 2.15. The molecule has 2 amide bonds. The molecule has 8 nitrogen and oxygen atoms in total. The van der Waals surface area contributed by atoms with Crippen molar-refractivity contribution in [2.45, 2.75) is 24.7 Å². The third kappa shape index (κ3) is 8.00. The predicted molar refractivity (Wildman–Crippen MR) is 96.9 cm³/mol. The van der Waals surface area contributed by atoms with Crippen molar-refractivity contribution in [3.63, 3.8) is 0 Å². The van der Waals surface area contributed by atoms with E-state index in [9.17, 15) is 18.0 Å². The number of hydrogen-bond donors (Lipinski definition) is 3. The number of nitrogens with one attached hydrogen (secondary N) is 3. The van der Waals surface area contributed by atoms with Crippen LogP contribution in [0.2, 0.25) is 0 Å². The average Bonchev–Trinajstić information content (AvgIpc) is 2.60. The van der Waals surface area contributed by atoms with Crippen LogP contribution in [0.3, 0.4) is 0 Å². The molecule has 0 bridgehead atoms. The third-order valence-electron chi connectivity index (χ3n) is 3.15. The topological polar surface area (TPSA) is 114 Å². The largest absolute Gasteiger partial charge is 0.494 e. The molecule has 0 aliphatic heterocycles. The maximum absolute atomic E-state index is 12.1. The smallest absolute Gasteiger partial charge is 0.240 e. The Morgan fingerprint density at radius 2 is 1.69 bits per heavy atom. The van der Waals surface area contributed by atoms with Gasteiger partial charge in [0, 0.05) is 25.9 Å². The van der Waals surface area contributed by atoms with Gasteiger partial charge >= 0.3 is 0 Å². The lowest BCUT2D eigenvalue weighted by molar-refractivity contribution is -0.122. The maximum Gasteiger partial charge on any atom is 0.240 e. The zero-order valence-electron chi connectivity index (χ0n) is 14.6. The number of rotatable bonds is 11. The van der Waals surface area contributed by atoms with Crippen molar-refractivity contribution in [1.29, 1.82) is 0 Å². The number of hydrogen-bond acceptors (Lipinski definition) is 5. The monoisotopic (exact) mass is 381 g/mol. The third-order valence-corrected chi connectivity index (χ3v) is 4.63. The summed E-state index contributed by atoms with van der Waals surface area (Å²) in [4.78, 5) is 23.0. The Hall–Kier alpha value is -2.57. The quantitative estimate of drug-likeness (QED) is 0.467. The average molecular weight is 381 g/mol. The lowest BCUT2D eigenvalue weighted by atomic mass is 10.3. The number of carbonyl (C=O) groups is 2. The molecule has 0 unspecified atom stereocenters. The molecule has 0 spiro atoms. The Kier molecular flexibility index (Phi) is 9.19. The van der Waals surface area contributed by atoms with Gasteiger partial charge in [-0.15, -0.1) is 6.42 Å². The Balaban J connectivity index is 2.33. The Morgan fingerprint density at radius 1 is 1.08 bits per heavy atom. The second-order valence-corrected chi connectivity index (χ2v) is 6.90. The number of sulfonamides is 1. The lowest BCUT2D eigenvalue weighted by Gasteiger charge is -2.08. The van der Waals surface area contributed by atoms with Crippen LogP contribution >= 0.6 is 0 Å². The molecule has 0 saturated carbocycles. The predicted octanol–water partition coefficient (Wildman–Crippen LogP) is 0.00940. The normalized spacial score (nSPS) is 10.6. The van der Waals surface area contributed by atoms with Crippen molar-refractivity contribution in [1.82, 2.24) is 15.4 Å². The van der Waals surface area contributed by atoms with Crippen molar-refractivity contribution >= 4 is 21.8 Å². The molecule has 3 N–H and O–H groups in total. The highest BCUT2D eigenvalue weighted by molar-refractivity contribution is 7.89. The summed E-state index contributed by atoms with van der Waals surface area (Å²) in [6, 6.07) is 6.00. The van der Waals surface area contributed by atoms with Crippen LogP contribution in [0.1, 0.15) is 19.8 Å². The summed E-state index contributed by atoms with van der Waals surface area (Å²) in [5, 5.41) is 5.01. The first-order chi connectivity index (χ1) is 12.4. The first-order valence-electron chi connectivity index (χ1n) is 8.08. The van der Waals surface area contributed by atoms with E-state index in [2.05, 4.69) is 21.3 Å². The fourth-order valence-electron chi connectivity index (χ4n) is 1.91. The molecule has 0 fully saturated rings. The SMILES string of the molecule is C#CCNC(=O)CCNC(=O)CCNS(=O)(=O)c1ccc(OCC)cc1. The van der Waals surface area contributed by atoms with Gasteiger partial charge in [0.05, 0.1) is 18.0 Å². The van der Waals surface area contributed by atoms with E-state index in [1.807, 2.05) is 6.92 Å². The van der Waals surface area contributed by atoms with E-state index < -0.39 is 10.0 Å². The van der Waals surface area contributed by atoms with Gasteiger partial charge in [-0.3, -0.25) is 9.59 Å². The van der Waals surface area contributed by atoms with Crippen LogP contribution < -0.4 is 20.1 Å². The van der Waals surface area contributed by atoms with E-state index in [4.69, 9.17) is 11.2 Å². The summed E-state index contributed by atoms with van der Waals surface area (Å²) in [5.74, 6) is 2.23. The zero-order valence-corrected chi connectivity index (χ0v) is 15.4. The molecule has 0 aliphatic carbocycles. The molecule has 0 aromatic heterocycles. The minimum Gasteiger partial charge on any atom is -0.494 e. The fraction of sp³-hybridized carbons (Fsp3) is 0.412. The first-order valence-corrected chi connectivity index (χ1v) is 9.56. The molecule has 1 rings (SSSR count). The van der Waals surface area contributed by atoms with Crippen molar-refractivity contribution < 1.29 is 22.7 Å². The standard InChI is InChI=1S/C17H23N3O5S/c1-3-11-18-16(21)9-12-19-17(22)10-13-20-26(23,24)15-7-5-14(6-8-15)25-4-2/h1,5-8,20H,4,9-13H2,2H3,(H,18,21)(H,19,22). The number of benzene rings is 1. The number of terminal acetylenes is 1. The van der Waals surface area contributed by atoms with Crippen molar-refractivity contribution in [3.8, 4) is 18.1 Å². The minimum absolute atomic E-state index is 0.0395. The van der Waals surface area contributed by atoms with Crippen LogP contribution in [-0.4, -0.2) is 46.5 Å². The zero-order chi connectivity index (χ0) is 19.4. The lowest BCUT2D eigenvalue weighted by Crippen LogP contribution is -2.33. The van der Waals surface area contributed by atoms with Crippen molar-refractivity contribution in [2.24, 2.45) is 0 Å². The Bertz CT molecular complexity index is 739. The van der Waals surface area contributed by atoms with Gasteiger partial charge in [0.2, 0.25) is 21.8 Å². The van der Waals surface area contributed by atoms with Crippen molar-refractivity contribution in [2.75, 3.05) is 26.2 Å². The molecule has 0 radical (unpaired) electrons. The van der Waals surface area contributed by atoms with Gasteiger partial charge < -0.3 is 15.4 Å². The highest BCUT2D eigenvalue weighted by Gasteiger charge is 2.14. The molecule has 0 heterocycles. The second kappa shape index (κ2) is 11.1. The van der Waals surface area contributed by atoms with Crippen LogP contribution in [0.15, 0.2) is 29.2 Å². The van der Waals surface area contributed by atoms with Gasteiger partial charge in [-0.1, -0.05) is 5.92 Å². The first kappa shape index (κ1) is 21.5. The number of amides is 2. The summed E-state index contributed by atoms with van der Waals surface area (Å²) in [6.07, 6.45) is 5.07. The Morgan fingerprint density at radius 3 is 2.31 bits per heavy atom. The van der Waals surface area contributed by atoms with Crippen LogP contribution in [-0.2, 0) is 19.6 Å². The molecular weight excluding hydrogens is 358 g/mol. The van der Waals surface area contributed by atoms with E-state index in [0.717, 1.165) is 0 Å². The summed E-state index contributed by atoms with van der Waals surface area (Å²) in [7, 11) is -3.70. The van der Waals surface area contributed by atoms with Crippen molar-refractivity contribution in [3.05, 3.63) is 24.3 Å². The highest BCUT2D eigenvalue weighted by atomic mass is 32.2. The fourth-order valence-corrected chi connectivity index (χ4v) is 2.94. The van der Waals surface area contributed by atoms with E-state index in [-0.39, 0.29) is 49.2 Å². The van der Waals surface area contributed by atoms with E-state index in [0.29, 0.717) is 12.4 Å².